The lowest BCUT2D eigenvalue weighted by Crippen LogP contribution is -2.68. The van der Waals surface area contributed by atoms with Crippen molar-refractivity contribution in [3.05, 3.63) is 11.9 Å². The van der Waals surface area contributed by atoms with Gasteiger partial charge < -0.3 is 20.9 Å². The summed E-state index contributed by atoms with van der Waals surface area (Å²) in [5, 5.41) is 14.0. The van der Waals surface area contributed by atoms with Crippen molar-refractivity contribution in [2.75, 3.05) is 13.2 Å². The van der Waals surface area contributed by atoms with Crippen molar-refractivity contribution in [2.24, 2.45) is 11.3 Å². The summed E-state index contributed by atoms with van der Waals surface area (Å²) in [6, 6.07) is 0. The van der Waals surface area contributed by atoms with Gasteiger partial charge in [0.15, 0.2) is 5.70 Å². The maximum Gasteiger partial charge on any atom is 0.408 e. The van der Waals surface area contributed by atoms with Gasteiger partial charge in [0.25, 0.3) is 0 Å². The van der Waals surface area contributed by atoms with E-state index in [-0.39, 0.29) is 23.7 Å². The Morgan fingerprint density at radius 3 is 2.50 bits per heavy atom. The van der Waals surface area contributed by atoms with Gasteiger partial charge in [-0.1, -0.05) is 13.8 Å². The fraction of sp³-hybridized carbons (Fsp3) is 0.824. The number of nitrogens with zero attached hydrogens (tertiary/aromatic N) is 1. The topological polar surface area (TPSA) is 117 Å². The number of alkyl carbamates (subject to hydrolysis) is 1. The van der Waals surface area contributed by atoms with Gasteiger partial charge in [0.05, 0.1) is 6.54 Å². The van der Waals surface area contributed by atoms with E-state index in [1.807, 2.05) is 25.8 Å². The second-order valence-electron chi connectivity index (χ2n) is 8.63. The van der Waals surface area contributed by atoms with Crippen molar-refractivity contribution in [3.8, 4) is 0 Å². The standard InChI is InChI=1S/C17H34N4O3/c1-15(2,3)24-14(23)20-17(6)8-7-12(16(17,4)5)9-21(19)10-13(18)11-22/h10,12,22H,7-9,11,18-19H2,1-6H3,(H,20,23)/p+2. The van der Waals surface area contributed by atoms with Gasteiger partial charge in [-0.05, 0) is 51.9 Å². The van der Waals surface area contributed by atoms with Crippen LogP contribution in [0.25, 0.3) is 0 Å². The Hall–Kier alpha value is -1.31. The number of amides is 1. The van der Waals surface area contributed by atoms with Gasteiger partial charge >= 0.3 is 6.09 Å². The second-order valence-corrected chi connectivity index (χ2v) is 8.63. The molecule has 0 saturated heterocycles. The monoisotopic (exact) mass is 344 g/mol. The molecule has 1 aliphatic rings. The number of aliphatic hydroxyl groups is 1. The third-order valence-electron chi connectivity index (χ3n) is 5.24. The quantitative estimate of drug-likeness (QED) is 0.534. The highest BCUT2D eigenvalue weighted by atomic mass is 16.6. The number of nitrogens with one attached hydrogen (secondary N) is 1. The summed E-state index contributed by atoms with van der Waals surface area (Å²) in [6.07, 6.45) is 3.28. The zero-order valence-corrected chi connectivity index (χ0v) is 16.1. The van der Waals surface area contributed by atoms with Crippen molar-refractivity contribution < 1.29 is 26.2 Å². The van der Waals surface area contributed by atoms with E-state index in [0.717, 1.165) is 19.4 Å². The van der Waals surface area contributed by atoms with Crippen LogP contribution in [0.3, 0.4) is 0 Å². The van der Waals surface area contributed by atoms with Crippen LogP contribution < -0.4 is 16.9 Å². The average molecular weight is 345 g/mol. The summed E-state index contributed by atoms with van der Waals surface area (Å²) in [5.74, 6) is 4.36. The van der Waals surface area contributed by atoms with Crippen molar-refractivity contribution in [1.82, 2.24) is 10.3 Å². The molecule has 2 atom stereocenters. The highest BCUT2D eigenvalue weighted by molar-refractivity contribution is 5.69. The van der Waals surface area contributed by atoms with E-state index in [1.165, 1.54) is 0 Å². The van der Waals surface area contributed by atoms with Gasteiger partial charge in [0.1, 0.15) is 18.4 Å². The van der Waals surface area contributed by atoms with E-state index in [0.29, 0.717) is 11.6 Å². The fourth-order valence-electron chi connectivity index (χ4n) is 3.30. The molecule has 0 aromatic rings. The van der Waals surface area contributed by atoms with Gasteiger partial charge in [-0.2, -0.15) is 0 Å². The van der Waals surface area contributed by atoms with Gasteiger partial charge in [0, 0.05) is 5.54 Å². The average Bonchev–Trinajstić information content (AvgIpc) is 2.59. The molecule has 1 rings (SSSR count). The molecule has 7 heteroatoms. The van der Waals surface area contributed by atoms with Crippen molar-refractivity contribution >= 4 is 6.09 Å². The van der Waals surface area contributed by atoms with Crippen LogP contribution in [0.4, 0.5) is 4.79 Å². The van der Waals surface area contributed by atoms with Crippen LogP contribution in [0.15, 0.2) is 11.9 Å². The van der Waals surface area contributed by atoms with E-state index in [4.69, 9.17) is 9.84 Å². The molecule has 140 valence electrons. The minimum Gasteiger partial charge on any atom is -0.444 e. The second kappa shape index (κ2) is 7.29. The minimum absolute atomic E-state index is 0.0714. The Morgan fingerprint density at radius 1 is 1.42 bits per heavy atom. The highest BCUT2D eigenvalue weighted by Gasteiger charge is 2.53. The third-order valence-corrected chi connectivity index (χ3v) is 5.24. The maximum absolute atomic E-state index is 12.2. The molecule has 0 aliphatic heterocycles. The molecule has 0 aromatic carbocycles. The Balaban J connectivity index is 2.78. The maximum atomic E-state index is 12.2. The summed E-state index contributed by atoms with van der Waals surface area (Å²) in [7, 11) is 0. The summed E-state index contributed by atoms with van der Waals surface area (Å²) in [6.45, 7) is 12.7. The lowest BCUT2D eigenvalue weighted by atomic mass is 9.71. The molecule has 1 amide bonds. The van der Waals surface area contributed by atoms with Crippen molar-refractivity contribution in [3.63, 3.8) is 0 Å². The molecular formula is C17H36N4O3+2. The van der Waals surface area contributed by atoms with E-state index < -0.39 is 5.60 Å². The van der Waals surface area contributed by atoms with E-state index >= 15 is 0 Å². The van der Waals surface area contributed by atoms with Crippen molar-refractivity contribution in [1.29, 1.82) is 0 Å². The van der Waals surface area contributed by atoms with Crippen LogP contribution in [0.2, 0.25) is 0 Å². The smallest absolute Gasteiger partial charge is 0.408 e. The molecule has 2 unspecified atom stereocenters. The lowest BCUT2D eigenvalue weighted by Gasteiger charge is -2.42. The Morgan fingerprint density at radius 2 is 2.00 bits per heavy atom. The molecule has 0 aromatic heterocycles. The molecule has 0 bridgehead atoms. The Kier molecular flexibility index (Phi) is 6.30. The first kappa shape index (κ1) is 20.7. The number of hydrogen-bond acceptors (Lipinski definition) is 4. The number of quaternary nitrogens is 2. The zero-order chi connectivity index (χ0) is 18.8. The Bertz CT molecular complexity index is 485. The zero-order valence-electron chi connectivity index (χ0n) is 16.1. The van der Waals surface area contributed by atoms with E-state index in [1.54, 1.807) is 6.20 Å². The van der Waals surface area contributed by atoms with Crippen LogP contribution in [0.1, 0.15) is 54.4 Å². The highest BCUT2D eigenvalue weighted by Crippen LogP contribution is 2.50. The van der Waals surface area contributed by atoms with Crippen LogP contribution >= 0.6 is 0 Å². The van der Waals surface area contributed by atoms with Gasteiger partial charge in [-0.3, -0.25) is 5.84 Å². The normalized spacial score (nSPS) is 27.0. The summed E-state index contributed by atoms with van der Waals surface area (Å²) in [5.41, 5.74) is 3.44. The summed E-state index contributed by atoms with van der Waals surface area (Å²) in [4.78, 5) is 12.2. The molecule has 7 nitrogen and oxygen atoms in total. The number of rotatable bonds is 5. The molecule has 1 aliphatic carbocycles. The number of aliphatic hydroxyl groups excluding tert-OH is 1. The first-order valence-corrected chi connectivity index (χ1v) is 8.52. The SMILES string of the molecule is CC(C)(C)OC(=O)NC1(C)CCC(CN([NH3+])C=C([NH3+])CO)C1(C)C. The number of carbonyl (C=O) groups excluding carboxylic acids is 1. The first-order valence-electron chi connectivity index (χ1n) is 8.52. The largest absolute Gasteiger partial charge is 0.444 e. The summed E-state index contributed by atoms with van der Waals surface area (Å²) >= 11 is 0. The van der Waals surface area contributed by atoms with Crippen LogP contribution in [0.5, 0.6) is 0 Å². The van der Waals surface area contributed by atoms with Gasteiger partial charge in [-0.15, -0.1) is 0 Å². The third kappa shape index (κ3) is 5.09. The molecule has 24 heavy (non-hydrogen) atoms. The number of carbonyl (C=O) groups is 1. The lowest BCUT2D eigenvalue weighted by molar-refractivity contribution is -0.560. The molecular weight excluding hydrogens is 308 g/mol. The predicted molar refractivity (Wildman–Crippen MR) is 91.9 cm³/mol. The molecule has 0 heterocycles. The van der Waals surface area contributed by atoms with Gasteiger partial charge in [-0.25, -0.2) is 9.80 Å². The number of hydrogen-bond donors (Lipinski definition) is 4. The van der Waals surface area contributed by atoms with E-state index in [2.05, 4.69) is 37.7 Å². The van der Waals surface area contributed by atoms with E-state index in [9.17, 15) is 4.79 Å². The molecule has 1 saturated carbocycles. The van der Waals surface area contributed by atoms with Crippen molar-refractivity contribution in [2.45, 2.75) is 65.5 Å². The molecule has 0 radical (unpaired) electrons. The summed E-state index contributed by atoms with van der Waals surface area (Å²) < 4.78 is 5.42. The first-order chi connectivity index (χ1) is 10.8. The molecule has 8 N–H and O–H groups in total. The Labute approximate surface area is 145 Å². The van der Waals surface area contributed by atoms with Gasteiger partial charge in [0.2, 0.25) is 0 Å². The van der Waals surface area contributed by atoms with Crippen LogP contribution in [-0.2, 0) is 4.74 Å². The number of ether oxygens (including phenoxy) is 1. The van der Waals surface area contributed by atoms with Crippen LogP contribution in [-0.4, -0.2) is 40.5 Å². The fourth-order valence-corrected chi connectivity index (χ4v) is 3.30. The molecule has 0 spiro atoms. The minimum atomic E-state index is -0.508. The molecule has 1 fully saturated rings. The predicted octanol–water partition coefficient (Wildman–Crippen LogP) is 0.241. The van der Waals surface area contributed by atoms with Crippen LogP contribution in [0, 0.1) is 11.3 Å².